The van der Waals surface area contributed by atoms with Crippen molar-refractivity contribution in [2.75, 3.05) is 0 Å². The molecule has 0 unspecified atom stereocenters. The molecule has 0 N–H and O–H groups in total. The third-order valence-electron chi connectivity index (χ3n) is 5.45. The molecule has 0 bridgehead atoms. The molecule has 3 aromatic heterocycles. The van der Waals surface area contributed by atoms with Gasteiger partial charge in [-0.3, -0.25) is 9.48 Å². The summed E-state index contributed by atoms with van der Waals surface area (Å²) in [6.45, 7) is 0.746. The second-order valence-corrected chi connectivity index (χ2v) is 7.44. The molecule has 3 heterocycles. The summed E-state index contributed by atoms with van der Waals surface area (Å²) in [6.07, 6.45) is 6.29. The Morgan fingerprint density at radius 3 is 2.77 bits per heavy atom. The molecule has 8 heteroatoms. The van der Waals surface area contributed by atoms with Crippen LogP contribution in [0.5, 0.6) is 0 Å². The topological polar surface area (TPSA) is 82.0 Å². The van der Waals surface area contributed by atoms with E-state index >= 15 is 0 Å². The van der Waals surface area contributed by atoms with E-state index < -0.39 is 0 Å². The molecule has 0 radical (unpaired) electrons. The summed E-state index contributed by atoms with van der Waals surface area (Å²) in [5.41, 5.74) is 4.57. The van der Waals surface area contributed by atoms with E-state index in [1.807, 2.05) is 54.2 Å². The van der Waals surface area contributed by atoms with Crippen LogP contribution in [0.2, 0.25) is 0 Å². The van der Waals surface area contributed by atoms with Gasteiger partial charge in [0, 0.05) is 12.7 Å². The first kappa shape index (κ1) is 18.4. The van der Waals surface area contributed by atoms with Crippen LogP contribution in [0.4, 0.5) is 0 Å². The average Bonchev–Trinajstić information content (AvgIpc) is 3.56. The fourth-order valence-corrected chi connectivity index (χ4v) is 4.00. The number of furan rings is 1. The number of hydrogen-bond acceptors (Lipinski definition) is 5. The molecule has 0 spiro atoms. The first-order valence-corrected chi connectivity index (χ1v) is 10.0. The lowest BCUT2D eigenvalue weighted by molar-refractivity contribution is 0.0708. The standard InChI is InChI=1S/C22H22N6O2/c1-26-21-11-5-10-18(21)20(24-26)15-27(14-17-9-6-12-30-17)22(29)19-13-23-28(25-19)16-7-3-2-4-8-16/h2-4,6-9,12-13H,5,10-11,14-15H2,1H3. The van der Waals surface area contributed by atoms with Crippen molar-refractivity contribution in [3.63, 3.8) is 0 Å². The maximum atomic E-state index is 13.4. The number of carbonyl (C=O) groups excluding carboxylic acids is 1. The van der Waals surface area contributed by atoms with Gasteiger partial charge in [0.25, 0.3) is 5.91 Å². The quantitative estimate of drug-likeness (QED) is 0.495. The minimum Gasteiger partial charge on any atom is -0.467 e. The minimum atomic E-state index is -0.203. The number of carbonyl (C=O) groups is 1. The highest BCUT2D eigenvalue weighted by molar-refractivity contribution is 5.91. The van der Waals surface area contributed by atoms with Gasteiger partial charge in [-0.1, -0.05) is 18.2 Å². The van der Waals surface area contributed by atoms with Gasteiger partial charge in [-0.05, 0) is 49.1 Å². The van der Waals surface area contributed by atoms with E-state index in [1.54, 1.807) is 11.2 Å². The van der Waals surface area contributed by atoms with Crippen molar-refractivity contribution < 1.29 is 9.21 Å². The molecule has 1 aromatic carbocycles. The van der Waals surface area contributed by atoms with Crippen molar-refractivity contribution >= 4 is 5.91 Å². The molecule has 0 saturated heterocycles. The van der Waals surface area contributed by atoms with Crippen LogP contribution in [0.15, 0.2) is 59.3 Å². The summed E-state index contributed by atoms with van der Waals surface area (Å²) in [7, 11) is 1.97. The van der Waals surface area contributed by atoms with Gasteiger partial charge in [-0.2, -0.15) is 15.0 Å². The van der Waals surface area contributed by atoms with Gasteiger partial charge in [0.05, 0.1) is 36.9 Å². The lowest BCUT2D eigenvalue weighted by Crippen LogP contribution is -2.31. The molecule has 4 aromatic rings. The highest BCUT2D eigenvalue weighted by Gasteiger charge is 2.26. The number of benzene rings is 1. The van der Waals surface area contributed by atoms with Crippen molar-refractivity contribution in [2.45, 2.75) is 32.4 Å². The van der Waals surface area contributed by atoms with Gasteiger partial charge < -0.3 is 9.32 Å². The van der Waals surface area contributed by atoms with Crippen molar-refractivity contribution in [3.05, 3.63) is 83.3 Å². The molecule has 0 aliphatic heterocycles. The van der Waals surface area contributed by atoms with Gasteiger partial charge >= 0.3 is 0 Å². The largest absolute Gasteiger partial charge is 0.467 e. The summed E-state index contributed by atoms with van der Waals surface area (Å²) >= 11 is 0. The zero-order valence-corrected chi connectivity index (χ0v) is 16.7. The Bertz CT molecular complexity index is 1160. The maximum Gasteiger partial charge on any atom is 0.276 e. The van der Waals surface area contributed by atoms with E-state index in [9.17, 15) is 4.79 Å². The number of amides is 1. The normalized spacial score (nSPS) is 12.8. The maximum absolute atomic E-state index is 13.4. The van der Waals surface area contributed by atoms with Crippen LogP contribution in [-0.2, 0) is 33.0 Å². The van der Waals surface area contributed by atoms with Crippen molar-refractivity contribution in [1.29, 1.82) is 0 Å². The van der Waals surface area contributed by atoms with E-state index in [0.717, 1.165) is 30.6 Å². The summed E-state index contributed by atoms with van der Waals surface area (Å²) in [4.78, 5) is 16.6. The lowest BCUT2D eigenvalue weighted by Gasteiger charge is -2.20. The van der Waals surface area contributed by atoms with Crippen molar-refractivity contribution in [3.8, 4) is 5.69 Å². The van der Waals surface area contributed by atoms with Crippen LogP contribution in [-0.4, -0.2) is 35.6 Å². The number of fused-ring (bicyclic) bond motifs is 1. The summed E-state index contributed by atoms with van der Waals surface area (Å²) < 4.78 is 7.44. The lowest BCUT2D eigenvalue weighted by atomic mass is 10.2. The van der Waals surface area contributed by atoms with Crippen LogP contribution < -0.4 is 0 Å². The van der Waals surface area contributed by atoms with Crippen LogP contribution in [0.3, 0.4) is 0 Å². The summed E-state index contributed by atoms with van der Waals surface area (Å²) in [5, 5.41) is 13.4. The monoisotopic (exact) mass is 402 g/mol. The van der Waals surface area contributed by atoms with Gasteiger partial charge in [0.15, 0.2) is 5.69 Å². The van der Waals surface area contributed by atoms with Crippen molar-refractivity contribution in [1.82, 2.24) is 29.7 Å². The number of aryl methyl sites for hydroxylation is 1. The molecule has 1 amide bonds. The fraction of sp³-hybridized carbons (Fsp3) is 0.273. The first-order valence-electron chi connectivity index (χ1n) is 10.0. The van der Waals surface area contributed by atoms with Gasteiger partial charge in [0.2, 0.25) is 0 Å². The Kier molecular flexibility index (Phi) is 4.66. The third kappa shape index (κ3) is 3.41. The molecule has 0 fully saturated rings. The zero-order chi connectivity index (χ0) is 20.5. The Hall–Kier alpha value is -3.68. The molecule has 0 atom stereocenters. The highest BCUT2D eigenvalue weighted by atomic mass is 16.3. The second kappa shape index (κ2) is 7.62. The average molecular weight is 402 g/mol. The van der Waals surface area contributed by atoms with E-state index in [1.165, 1.54) is 22.3 Å². The minimum absolute atomic E-state index is 0.203. The molecule has 8 nitrogen and oxygen atoms in total. The number of para-hydroxylation sites is 1. The van der Waals surface area contributed by atoms with E-state index in [-0.39, 0.29) is 11.6 Å². The van der Waals surface area contributed by atoms with E-state index in [4.69, 9.17) is 4.42 Å². The Balaban J connectivity index is 1.44. The highest BCUT2D eigenvalue weighted by Crippen LogP contribution is 2.26. The molecule has 5 rings (SSSR count). The van der Waals surface area contributed by atoms with E-state index in [0.29, 0.717) is 18.8 Å². The molecular formula is C22H22N6O2. The molecule has 1 aliphatic rings. The van der Waals surface area contributed by atoms with Gasteiger partial charge in [-0.25, -0.2) is 0 Å². The predicted molar refractivity (Wildman–Crippen MR) is 109 cm³/mol. The van der Waals surface area contributed by atoms with Crippen LogP contribution >= 0.6 is 0 Å². The number of hydrogen-bond donors (Lipinski definition) is 0. The fourth-order valence-electron chi connectivity index (χ4n) is 4.00. The Labute approximate surface area is 173 Å². The smallest absolute Gasteiger partial charge is 0.276 e. The predicted octanol–water partition coefficient (Wildman–Crippen LogP) is 2.93. The Morgan fingerprint density at radius 1 is 1.10 bits per heavy atom. The second-order valence-electron chi connectivity index (χ2n) is 7.44. The SMILES string of the molecule is Cn1nc(CN(Cc2ccco2)C(=O)c2cnn(-c3ccccc3)n2)c2c1CCC2. The van der Waals surface area contributed by atoms with Crippen molar-refractivity contribution in [2.24, 2.45) is 7.05 Å². The number of rotatable bonds is 6. The third-order valence-corrected chi connectivity index (χ3v) is 5.45. The van der Waals surface area contributed by atoms with Gasteiger partial charge in [0.1, 0.15) is 5.76 Å². The van der Waals surface area contributed by atoms with Crippen LogP contribution in [0.25, 0.3) is 5.69 Å². The summed E-state index contributed by atoms with van der Waals surface area (Å²) in [6, 6.07) is 13.2. The number of nitrogens with zero attached hydrogens (tertiary/aromatic N) is 6. The molecule has 1 aliphatic carbocycles. The molecule has 30 heavy (non-hydrogen) atoms. The first-order chi connectivity index (χ1) is 14.7. The van der Waals surface area contributed by atoms with Crippen LogP contribution in [0, 0.1) is 0 Å². The molecule has 152 valence electrons. The Morgan fingerprint density at radius 2 is 1.97 bits per heavy atom. The van der Waals surface area contributed by atoms with Gasteiger partial charge in [-0.15, -0.1) is 5.10 Å². The zero-order valence-electron chi connectivity index (χ0n) is 16.7. The number of aromatic nitrogens is 5. The van der Waals surface area contributed by atoms with E-state index in [2.05, 4.69) is 15.3 Å². The van der Waals surface area contributed by atoms with Crippen LogP contribution in [0.1, 0.15) is 39.6 Å². The molecular weight excluding hydrogens is 380 g/mol. The summed E-state index contributed by atoms with van der Waals surface area (Å²) in [5.74, 6) is 0.511. The molecule has 0 saturated carbocycles.